The standard InChI is InChI=1S/C16H32N2S2/c1-2-3-4-5-6-7-8-9-10-11-12-13-14-18-16(20)15(17)19/h2-14H2,1H3,(H2,17,19)(H,18,20). The van der Waals surface area contributed by atoms with Gasteiger partial charge in [0, 0.05) is 6.54 Å². The largest absolute Gasteiger partial charge is 0.388 e. The first-order valence-corrected chi connectivity index (χ1v) is 9.07. The van der Waals surface area contributed by atoms with E-state index < -0.39 is 0 Å². The molecule has 0 atom stereocenters. The molecule has 3 N–H and O–H groups in total. The lowest BCUT2D eigenvalue weighted by molar-refractivity contribution is 0.543. The van der Waals surface area contributed by atoms with E-state index in [1.54, 1.807) is 0 Å². The quantitative estimate of drug-likeness (QED) is 0.375. The summed E-state index contributed by atoms with van der Waals surface area (Å²) in [5, 5.41) is 3.08. The van der Waals surface area contributed by atoms with Crippen molar-refractivity contribution in [3.63, 3.8) is 0 Å². The van der Waals surface area contributed by atoms with Gasteiger partial charge in [-0.15, -0.1) is 0 Å². The Morgan fingerprint density at radius 1 is 0.750 bits per heavy atom. The van der Waals surface area contributed by atoms with Gasteiger partial charge in [-0.1, -0.05) is 102 Å². The zero-order valence-electron chi connectivity index (χ0n) is 13.1. The van der Waals surface area contributed by atoms with Gasteiger partial charge >= 0.3 is 0 Å². The van der Waals surface area contributed by atoms with Crippen molar-refractivity contribution < 1.29 is 0 Å². The summed E-state index contributed by atoms with van der Waals surface area (Å²) in [5.41, 5.74) is 5.41. The number of hydrogen-bond acceptors (Lipinski definition) is 2. The zero-order valence-corrected chi connectivity index (χ0v) is 14.7. The first-order chi connectivity index (χ1) is 9.68. The highest BCUT2D eigenvalue weighted by molar-refractivity contribution is 7.89. The molecule has 0 aliphatic heterocycles. The number of hydrogen-bond donors (Lipinski definition) is 2. The summed E-state index contributed by atoms with van der Waals surface area (Å²) in [7, 11) is 0. The van der Waals surface area contributed by atoms with Gasteiger partial charge in [-0.2, -0.15) is 0 Å². The molecule has 0 radical (unpaired) electrons. The maximum Gasteiger partial charge on any atom is 0.133 e. The fraction of sp³-hybridized carbons (Fsp3) is 0.875. The van der Waals surface area contributed by atoms with Crippen LogP contribution in [0.3, 0.4) is 0 Å². The van der Waals surface area contributed by atoms with E-state index in [-0.39, 0.29) is 0 Å². The highest BCUT2D eigenvalue weighted by Gasteiger charge is 1.97. The Labute approximate surface area is 136 Å². The minimum absolute atomic E-state index is 0.305. The highest BCUT2D eigenvalue weighted by atomic mass is 32.1. The average molecular weight is 317 g/mol. The Kier molecular flexibility index (Phi) is 15.0. The Morgan fingerprint density at radius 3 is 1.55 bits per heavy atom. The topological polar surface area (TPSA) is 38.0 Å². The van der Waals surface area contributed by atoms with E-state index in [0.717, 1.165) is 13.0 Å². The van der Waals surface area contributed by atoms with Crippen LogP contribution < -0.4 is 11.1 Å². The summed E-state index contributed by atoms with van der Waals surface area (Å²) in [6, 6.07) is 0. The van der Waals surface area contributed by atoms with Crippen LogP contribution in [0.5, 0.6) is 0 Å². The third-order valence-corrected chi connectivity index (χ3v) is 4.24. The molecule has 4 heteroatoms. The van der Waals surface area contributed by atoms with E-state index in [0.29, 0.717) is 9.98 Å². The van der Waals surface area contributed by atoms with Gasteiger partial charge in [-0.3, -0.25) is 0 Å². The van der Waals surface area contributed by atoms with Crippen LogP contribution in [0.2, 0.25) is 0 Å². The summed E-state index contributed by atoms with van der Waals surface area (Å²) >= 11 is 9.77. The van der Waals surface area contributed by atoms with Crippen molar-refractivity contribution in [3.8, 4) is 0 Å². The summed E-state index contributed by atoms with van der Waals surface area (Å²) < 4.78 is 0. The van der Waals surface area contributed by atoms with Crippen LogP contribution in [0.25, 0.3) is 0 Å². The minimum atomic E-state index is 0.305. The highest BCUT2D eigenvalue weighted by Crippen LogP contribution is 2.11. The lowest BCUT2D eigenvalue weighted by Gasteiger charge is -2.06. The number of unbranched alkanes of at least 4 members (excludes halogenated alkanes) is 11. The van der Waals surface area contributed by atoms with Crippen molar-refractivity contribution in [2.45, 2.75) is 84.0 Å². The van der Waals surface area contributed by atoms with Crippen molar-refractivity contribution in [1.29, 1.82) is 0 Å². The maximum absolute atomic E-state index is 5.41. The third kappa shape index (κ3) is 14.2. The molecule has 0 aromatic heterocycles. The van der Waals surface area contributed by atoms with Gasteiger partial charge < -0.3 is 11.1 Å². The van der Waals surface area contributed by atoms with Crippen LogP contribution >= 0.6 is 24.4 Å². The molecule has 0 aromatic rings. The van der Waals surface area contributed by atoms with Gasteiger partial charge in [0.25, 0.3) is 0 Å². The van der Waals surface area contributed by atoms with Crippen LogP contribution in [0.15, 0.2) is 0 Å². The van der Waals surface area contributed by atoms with Crippen LogP contribution in [-0.4, -0.2) is 16.5 Å². The number of nitrogens with one attached hydrogen (secondary N) is 1. The summed E-state index contributed by atoms with van der Waals surface area (Å²) in [4.78, 5) is 0.835. The Balaban J connectivity index is 3.06. The van der Waals surface area contributed by atoms with E-state index >= 15 is 0 Å². The summed E-state index contributed by atoms with van der Waals surface area (Å²) in [6.07, 6.45) is 16.4. The fourth-order valence-electron chi connectivity index (χ4n) is 2.26. The summed E-state index contributed by atoms with van der Waals surface area (Å²) in [5.74, 6) is 0. The van der Waals surface area contributed by atoms with Gasteiger partial charge in [-0.05, 0) is 6.42 Å². The predicted octanol–water partition coefficient (Wildman–Crippen LogP) is 4.89. The molecule has 118 valence electrons. The van der Waals surface area contributed by atoms with Crippen molar-refractivity contribution in [1.82, 2.24) is 5.32 Å². The predicted molar refractivity (Wildman–Crippen MR) is 98.5 cm³/mol. The molecule has 0 aliphatic rings. The van der Waals surface area contributed by atoms with Crippen LogP contribution in [-0.2, 0) is 0 Å². The van der Waals surface area contributed by atoms with Gasteiger partial charge in [-0.25, -0.2) is 0 Å². The zero-order chi connectivity index (χ0) is 15.1. The Hall–Kier alpha value is -0.220. The molecule has 0 heterocycles. The number of rotatable bonds is 13. The molecule has 0 fully saturated rings. The average Bonchev–Trinajstić information content (AvgIpc) is 2.43. The molecule has 20 heavy (non-hydrogen) atoms. The monoisotopic (exact) mass is 316 g/mol. The van der Waals surface area contributed by atoms with Crippen molar-refractivity contribution in [2.75, 3.05) is 6.54 Å². The number of thiocarbonyl (C=S) groups is 2. The molecular formula is C16H32N2S2. The van der Waals surface area contributed by atoms with Crippen LogP contribution in [0, 0.1) is 0 Å². The molecule has 0 rings (SSSR count). The molecule has 0 unspecified atom stereocenters. The second-order valence-electron chi connectivity index (χ2n) is 5.51. The number of nitrogens with two attached hydrogens (primary N) is 1. The third-order valence-electron chi connectivity index (χ3n) is 3.54. The van der Waals surface area contributed by atoms with E-state index in [1.165, 1.54) is 70.6 Å². The van der Waals surface area contributed by atoms with Gasteiger partial charge in [0.15, 0.2) is 0 Å². The SMILES string of the molecule is CCCCCCCCCCCCCCNC(=S)C(N)=S. The van der Waals surface area contributed by atoms with Crippen LogP contribution in [0.1, 0.15) is 84.0 Å². The molecule has 0 spiro atoms. The molecule has 0 aromatic carbocycles. The second-order valence-corrected chi connectivity index (χ2v) is 6.36. The smallest absolute Gasteiger partial charge is 0.133 e. The Bertz CT molecular complexity index is 255. The lowest BCUT2D eigenvalue weighted by atomic mass is 10.1. The van der Waals surface area contributed by atoms with Gasteiger partial charge in [0.05, 0.1) is 0 Å². The fourth-order valence-corrected chi connectivity index (χ4v) is 2.43. The van der Waals surface area contributed by atoms with E-state index in [2.05, 4.69) is 12.2 Å². The molecular weight excluding hydrogens is 284 g/mol. The van der Waals surface area contributed by atoms with Crippen LogP contribution in [0.4, 0.5) is 0 Å². The normalized spacial score (nSPS) is 10.4. The Morgan fingerprint density at radius 2 is 1.15 bits per heavy atom. The molecule has 0 amide bonds. The maximum atomic E-state index is 5.41. The first kappa shape index (κ1) is 19.8. The summed E-state index contributed by atoms with van der Waals surface area (Å²) in [6.45, 7) is 3.17. The lowest BCUT2D eigenvalue weighted by Crippen LogP contribution is -2.33. The molecule has 0 bridgehead atoms. The van der Waals surface area contributed by atoms with Crippen molar-refractivity contribution in [3.05, 3.63) is 0 Å². The van der Waals surface area contributed by atoms with E-state index in [1.807, 2.05) is 0 Å². The first-order valence-electron chi connectivity index (χ1n) is 8.26. The van der Waals surface area contributed by atoms with Gasteiger partial charge in [0.1, 0.15) is 9.98 Å². The second kappa shape index (κ2) is 15.2. The molecule has 2 nitrogen and oxygen atoms in total. The van der Waals surface area contributed by atoms with Gasteiger partial charge in [0.2, 0.25) is 0 Å². The minimum Gasteiger partial charge on any atom is -0.388 e. The van der Waals surface area contributed by atoms with E-state index in [4.69, 9.17) is 30.2 Å². The van der Waals surface area contributed by atoms with Crippen molar-refractivity contribution >= 4 is 34.4 Å². The van der Waals surface area contributed by atoms with E-state index in [9.17, 15) is 0 Å². The molecule has 0 saturated heterocycles. The van der Waals surface area contributed by atoms with Crippen molar-refractivity contribution in [2.24, 2.45) is 5.73 Å². The molecule has 0 saturated carbocycles. The molecule has 0 aliphatic carbocycles.